The van der Waals surface area contributed by atoms with Gasteiger partial charge in [0, 0.05) is 18.3 Å². The number of imidazole rings is 1. The van der Waals surface area contributed by atoms with Crippen LogP contribution >= 0.6 is 0 Å². The normalized spacial score (nSPS) is 14.4. The van der Waals surface area contributed by atoms with Crippen LogP contribution in [0.4, 0.5) is 0 Å². The van der Waals surface area contributed by atoms with E-state index in [4.69, 9.17) is 16.6 Å². The molecule has 0 spiro atoms. The van der Waals surface area contributed by atoms with Crippen molar-refractivity contribution in [3.8, 4) is 0 Å². The average molecular weight is 512 g/mol. The first kappa shape index (κ1) is 30.5. The Morgan fingerprint density at radius 1 is 0.972 bits per heavy atom. The van der Waals surface area contributed by atoms with Crippen molar-refractivity contribution in [2.24, 2.45) is 17.4 Å². The Morgan fingerprint density at radius 3 is 2.11 bits per heavy atom. The van der Waals surface area contributed by atoms with Gasteiger partial charge in [0.2, 0.25) is 17.7 Å². The molecule has 4 atom stereocenters. The molecule has 4 unspecified atom stereocenters. The number of nitrogens with zero attached hydrogens (tertiary/aromatic N) is 1. The molecule has 0 bridgehead atoms. The lowest BCUT2D eigenvalue weighted by atomic mass is 10.0. The third-order valence-electron chi connectivity index (χ3n) is 5.24. The van der Waals surface area contributed by atoms with Crippen LogP contribution in [0, 0.1) is 5.92 Å². The summed E-state index contributed by atoms with van der Waals surface area (Å²) in [6.07, 6.45) is 3.62. The summed E-state index contributed by atoms with van der Waals surface area (Å²) in [7, 11) is 0. The van der Waals surface area contributed by atoms with Crippen LogP contribution in [0.15, 0.2) is 12.5 Å². The molecule has 0 fully saturated rings. The fourth-order valence-corrected chi connectivity index (χ4v) is 3.39. The van der Waals surface area contributed by atoms with Crippen molar-refractivity contribution in [2.75, 3.05) is 6.54 Å². The number of aromatic amines is 1. The summed E-state index contributed by atoms with van der Waals surface area (Å²) in [6.45, 7) is 4.03. The number of aromatic nitrogens is 2. The van der Waals surface area contributed by atoms with Crippen LogP contribution in [0.3, 0.4) is 0 Å². The molecule has 0 saturated carbocycles. The van der Waals surface area contributed by atoms with Gasteiger partial charge in [0.05, 0.1) is 18.8 Å². The standard InChI is InChI=1S/C22H37N7O7/c1-12(2)7-16(21(34)29-17(22(35)36)8-13-10-25-11-26-13)28-20(33)15(5-3-4-6-23)27-19(32)14(24)9-18(30)31/h10-12,14-17H,3-9,23-24H2,1-2H3,(H,25,26)(H,27,32)(H,28,33)(H,29,34)(H,30,31)(H,35,36). The molecule has 0 aliphatic carbocycles. The smallest absolute Gasteiger partial charge is 0.326 e. The topological polar surface area (TPSA) is 243 Å². The molecule has 1 heterocycles. The van der Waals surface area contributed by atoms with Crippen LogP contribution in [0.5, 0.6) is 0 Å². The molecule has 0 radical (unpaired) electrons. The maximum absolute atomic E-state index is 13.1. The van der Waals surface area contributed by atoms with E-state index in [-0.39, 0.29) is 25.2 Å². The number of unbranched alkanes of at least 4 members (excludes halogenated alkanes) is 1. The highest BCUT2D eigenvalue weighted by Crippen LogP contribution is 2.09. The summed E-state index contributed by atoms with van der Waals surface area (Å²) in [5.41, 5.74) is 11.6. The van der Waals surface area contributed by atoms with Crippen LogP contribution in [0.1, 0.15) is 51.6 Å². The molecule has 1 rings (SSSR count). The Bertz CT molecular complexity index is 876. The van der Waals surface area contributed by atoms with Crippen LogP contribution in [0.25, 0.3) is 0 Å². The Hall–Kier alpha value is -3.52. The molecular formula is C22H37N7O7. The lowest BCUT2D eigenvalue weighted by molar-refractivity contribution is -0.142. The number of carboxylic acids is 2. The number of nitrogens with one attached hydrogen (secondary N) is 4. The molecule has 0 aliphatic rings. The van der Waals surface area contributed by atoms with E-state index in [2.05, 4.69) is 25.9 Å². The SMILES string of the molecule is CC(C)CC(NC(=O)C(CCCCN)NC(=O)C(N)CC(=O)O)C(=O)NC(Cc1cnc[nH]1)C(=O)O. The van der Waals surface area contributed by atoms with Crippen LogP contribution in [-0.2, 0) is 30.4 Å². The molecule has 10 N–H and O–H groups in total. The van der Waals surface area contributed by atoms with Crippen molar-refractivity contribution in [2.45, 2.75) is 76.5 Å². The molecule has 3 amide bonds. The van der Waals surface area contributed by atoms with Crippen molar-refractivity contribution < 1.29 is 34.2 Å². The van der Waals surface area contributed by atoms with E-state index in [0.717, 1.165) is 0 Å². The first-order chi connectivity index (χ1) is 16.9. The number of rotatable bonds is 17. The van der Waals surface area contributed by atoms with Crippen molar-refractivity contribution in [3.63, 3.8) is 0 Å². The van der Waals surface area contributed by atoms with E-state index < -0.39 is 60.2 Å². The van der Waals surface area contributed by atoms with Crippen molar-refractivity contribution in [1.29, 1.82) is 0 Å². The third kappa shape index (κ3) is 11.3. The molecule has 0 saturated heterocycles. The molecule has 36 heavy (non-hydrogen) atoms. The Morgan fingerprint density at radius 2 is 1.58 bits per heavy atom. The fourth-order valence-electron chi connectivity index (χ4n) is 3.39. The molecular weight excluding hydrogens is 474 g/mol. The predicted octanol–water partition coefficient (Wildman–Crippen LogP) is -1.53. The van der Waals surface area contributed by atoms with Gasteiger partial charge in [0.15, 0.2) is 0 Å². The second-order valence-electron chi connectivity index (χ2n) is 8.92. The largest absolute Gasteiger partial charge is 0.481 e. The number of aliphatic carboxylic acids is 2. The lowest BCUT2D eigenvalue weighted by Crippen LogP contribution is -2.57. The number of hydrogen-bond acceptors (Lipinski definition) is 8. The first-order valence-corrected chi connectivity index (χ1v) is 11.7. The molecule has 14 heteroatoms. The maximum atomic E-state index is 13.1. The zero-order chi connectivity index (χ0) is 27.3. The molecule has 14 nitrogen and oxygen atoms in total. The second kappa shape index (κ2) is 15.5. The molecule has 202 valence electrons. The van der Waals surface area contributed by atoms with Crippen molar-refractivity contribution in [1.82, 2.24) is 25.9 Å². The number of nitrogens with two attached hydrogens (primary N) is 2. The summed E-state index contributed by atoms with van der Waals surface area (Å²) >= 11 is 0. The fraction of sp³-hybridized carbons (Fsp3) is 0.636. The second-order valence-corrected chi connectivity index (χ2v) is 8.92. The number of amides is 3. The summed E-state index contributed by atoms with van der Waals surface area (Å²) in [5, 5.41) is 25.9. The van der Waals surface area contributed by atoms with Crippen LogP contribution in [-0.4, -0.2) is 80.6 Å². The van der Waals surface area contributed by atoms with Gasteiger partial charge in [-0.25, -0.2) is 9.78 Å². The zero-order valence-corrected chi connectivity index (χ0v) is 20.5. The Labute approximate surface area is 209 Å². The van der Waals surface area contributed by atoms with Gasteiger partial charge in [-0.2, -0.15) is 0 Å². The highest BCUT2D eigenvalue weighted by molar-refractivity contribution is 5.94. The van der Waals surface area contributed by atoms with Crippen LogP contribution in [0.2, 0.25) is 0 Å². The van der Waals surface area contributed by atoms with Gasteiger partial charge in [-0.1, -0.05) is 13.8 Å². The molecule has 1 aromatic rings. The predicted molar refractivity (Wildman–Crippen MR) is 128 cm³/mol. The van der Waals surface area contributed by atoms with Gasteiger partial charge in [-0.05, 0) is 38.1 Å². The monoisotopic (exact) mass is 511 g/mol. The van der Waals surface area contributed by atoms with E-state index in [1.807, 2.05) is 13.8 Å². The highest BCUT2D eigenvalue weighted by Gasteiger charge is 2.31. The van der Waals surface area contributed by atoms with Gasteiger partial charge >= 0.3 is 11.9 Å². The van der Waals surface area contributed by atoms with E-state index >= 15 is 0 Å². The van der Waals surface area contributed by atoms with Gasteiger partial charge in [0.25, 0.3) is 0 Å². The molecule has 0 aromatic carbocycles. The number of H-pyrrole nitrogens is 1. The molecule has 1 aromatic heterocycles. The Kier molecular flexibility index (Phi) is 13.1. The highest BCUT2D eigenvalue weighted by atomic mass is 16.4. The third-order valence-corrected chi connectivity index (χ3v) is 5.24. The van der Waals surface area contributed by atoms with Crippen molar-refractivity contribution in [3.05, 3.63) is 18.2 Å². The first-order valence-electron chi connectivity index (χ1n) is 11.7. The van der Waals surface area contributed by atoms with Gasteiger partial charge in [-0.15, -0.1) is 0 Å². The van der Waals surface area contributed by atoms with E-state index in [1.165, 1.54) is 12.5 Å². The summed E-state index contributed by atoms with van der Waals surface area (Å²) in [4.78, 5) is 67.6. The maximum Gasteiger partial charge on any atom is 0.326 e. The Balaban J connectivity index is 2.97. The quantitative estimate of drug-likeness (QED) is 0.112. The number of carbonyl (C=O) groups is 5. The number of carboxylic acid groups (broad SMARTS) is 2. The number of carbonyl (C=O) groups excluding carboxylic acids is 3. The van der Waals surface area contributed by atoms with Gasteiger partial charge in [-0.3, -0.25) is 19.2 Å². The van der Waals surface area contributed by atoms with E-state index in [0.29, 0.717) is 25.1 Å². The van der Waals surface area contributed by atoms with Crippen LogP contribution < -0.4 is 27.4 Å². The van der Waals surface area contributed by atoms with Gasteiger partial charge < -0.3 is 42.6 Å². The van der Waals surface area contributed by atoms with Crippen molar-refractivity contribution >= 4 is 29.7 Å². The zero-order valence-electron chi connectivity index (χ0n) is 20.5. The summed E-state index contributed by atoms with van der Waals surface area (Å²) < 4.78 is 0. The molecule has 0 aliphatic heterocycles. The minimum Gasteiger partial charge on any atom is -0.481 e. The minimum absolute atomic E-state index is 0.0359. The number of hydrogen-bond donors (Lipinski definition) is 8. The van der Waals surface area contributed by atoms with Gasteiger partial charge in [0.1, 0.15) is 18.1 Å². The van der Waals surface area contributed by atoms with E-state index in [1.54, 1.807) is 0 Å². The minimum atomic E-state index is -1.36. The summed E-state index contributed by atoms with van der Waals surface area (Å²) in [6, 6.07) is -4.80. The lowest BCUT2D eigenvalue weighted by Gasteiger charge is -2.26. The van der Waals surface area contributed by atoms with E-state index in [9.17, 15) is 29.1 Å². The summed E-state index contributed by atoms with van der Waals surface area (Å²) in [5.74, 6) is -4.75. The average Bonchev–Trinajstić information content (AvgIpc) is 3.29.